The van der Waals surface area contributed by atoms with Crippen LogP contribution in [0.25, 0.3) is 0 Å². The third kappa shape index (κ3) is 7.13. The molecule has 1 aromatic heterocycles. The fourth-order valence-corrected chi connectivity index (χ4v) is 3.57. The third-order valence-electron chi connectivity index (χ3n) is 5.28. The number of aliphatic imine (C=N–C) groups is 1. The molecule has 2 rings (SSSR count). The first-order valence-corrected chi connectivity index (χ1v) is 10.4. The van der Waals surface area contributed by atoms with Gasteiger partial charge < -0.3 is 19.9 Å². The molecule has 1 saturated carbocycles. The smallest absolute Gasteiger partial charge is 0.226 e. The van der Waals surface area contributed by atoms with E-state index in [-0.39, 0.29) is 0 Å². The Balaban J connectivity index is 1.80. The van der Waals surface area contributed by atoms with Crippen LogP contribution in [0.2, 0.25) is 0 Å². The molecule has 0 aliphatic heterocycles. The first-order chi connectivity index (χ1) is 13.1. The van der Waals surface area contributed by atoms with E-state index >= 15 is 0 Å². The summed E-state index contributed by atoms with van der Waals surface area (Å²) in [6.45, 7) is 9.61. The molecule has 0 atom stereocenters. The zero-order valence-electron chi connectivity index (χ0n) is 17.5. The van der Waals surface area contributed by atoms with Crippen molar-refractivity contribution in [2.75, 3.05) is 33.4 Å². The molecule has 7 nitrogen and oxygen atoms in total. The molecule has 0 aromatic carbocycles. The molecule has 1 aliphatic carbocycles. The van der Waals surface area contributed by atoms with Crippen molar-refractivity contribution in [2.24, 2.45) is 10.4 Å². The molecule has 27 heavy (non-hydrogen) atoms. The van der Waals surface area contributed by atoms with Crippen LogP contribution < -0.4 is 10.6 Å². The maximum absolute atomic E-state index is 5.32. The second kappa shape index (κ2) is 11.3. The predicted octanol–water partition coefficient (Wildman–Crippen LogP) is 3.28. The van der Waals surface area contributed by atoms with E-state index in [2.05, 4.69) is 41.5 Å². The molecule has 0 amide bonds. The van der Waals surface area contributed by atoms with Crippen LogP contribution in [-0.4, -0.2) is 49.5 Å². The van der Waals surface area contributed by atoms with Gasteiger partial charge in [0.15, 0.2) is 11.8 Å². The Labute approximate surface area is 163 Å². The van der Waals surface area contributed by atoms with Gasteiger partial charge >= 0.3 is 0 Å². The van der Waals surface area contributed by atoms with Gasteiger partial charge in [0, 0.05) is 45.7 Å². The topological polar surface area (TPSA) is 84.6 Å². The van der Waals surface area contributed by atoms with Crippen molar-refractivity contribution in [3.05, 3.63) is 11.7 Å². The molecule has 0 bridgehead atoms. The number of nitrogens with one attached hydrogen (secondary N) is 2. The second-order valence-electron chi connectivity index (χ2n) is 7.88. The minimum Gasteiger partial charge on any atom is -0.385 e. The lowest BCUT2D eigenvalue weighted by Gasteiger charge is -2.27. The zero-order valence-corrected chi connectivity index (χ0v) is 17.5. The van der Waals surface area contributed by atoms with E-state index in [0.29, 0.717) is 17.2 Å². The van der Waals surface area contributed by atoms with Crippen molar-refractivity contribution >= 4 is 5.96 Å². The van der Waals surface area contributed by atoms with Crippen molar-refractivity contribution in [1.82, 2.24) is 20.8 Å². The van der Waals surface area contributed by atoms with E-state index in [1.165, 1.54) is 25.7 Å². The molecule has 0 saturated heterocycles. The van der Waals surface area contributed by atoms with E-state index in [1.807, 2.05) is 0 Å². The lowest BCUT2D eigenvalue weighted by atomic mass is 9.83. The fraction of sp³-hybridized carbons (Fsp3) is 0.850. The van der Waals surface area contributed by atoms with Crippen molar-refractivity contribution in [1.29, 1.82) is 0 Å². The van der Waals surface area contributed by atoms with Crippen molar-refractivity contribution in [3.63, 3.8) is 0 Å². The number of nitrogens with zero attached hydrogens (tertiary/aromatic N) is 3. The maximum atomic E-state index is 5.32. The number of aryl methyl sites for hydroxylation is 1. The lowest BCUT2D eigenvalue weighted by molar-refractivity contribution is 0.141. The van der Waals surface area contributed by atoms with Gasteiger partial charge in [-0.2, -0.15) is 4.98 Å². The molecule has 1 heterocycles. The number of aromatic nitrogens is 2. The summed E-state index contributed by atoms with van der Waals surface area (Å²) >= 11 is 0. The summed E-state index contributed by atoms with van der Waals surface area (Å²) in [5, 5.41) is 10.8. The molecule has 7 heteroatoms. The van der Waals surface area contributed by atoms with Crippen LogP contribution >= 0.6 is 0 Å². The largest absolute Gasteiger partial charge is 0.385 e. The van der Waals surface area contributed by atoms with Crippen LogP contribution in [0.5, 0.6) is 0 Å². The van der Waals surface area contributed by atoms with E-state index in [1.54, 1.807) is 7.11 Å². The molecule has 0 spiro atoms. The SMILES string of the molecule is CCNC(=NCC1(CCOC)CCCC1)NCCCc1nc(C(C)C)no1. The minimum atomic E-state index is 0.300. The summed E-state index contributed by atoms with van der Waals surface area (Å²) in [7, 11) is 1.78. The van der Waals surface area contributed by atoms with Gasteiger partial charge in [0.05, 0.1) is 0 Å². The highest BCUT2D eigenvalue weighted by molar-refractivity contribution is 5.79. The zero-order chi connectivity index (χ0) is 19.5. The van der Waals surface area contributed by atoms with Gasteiger partial charge in [0.2, 0.25) is 5.89 Å². The predicted molar refractivity (Wildman–Crippen MR) is 108 cm³/mol. The van der Waals surface area contributed by atoms with Gasteiger partial charge in [-0.25, -0.2) is 0 Å². The van der Waals surface area contributed by atoms with Crippen molar-refractivity contribution in [3.8, 4) is 0 Å². The van der Waals surface area contributed by atoms with E-state index in [0.717, 1.165) is 57.3 Å². The highest BCUT2D eigenvalue weighted by Gasteiger charge is 2.33. The van der Waals surface area contributed by atoms with Crippen LogP contribution in [0.3, 0.4) is 0 Å². The third-order valence-corrected chi connectivity index (χ3v) is 5.28. The number of ether oxygens (including phenoxy) is 1. The highest BCUT2D eigenvalue weighted by atomic mass is 16.5. The van der Waals surface area contributed by atoms with Crippen LogP contribution in [0.1, 0.15) is 76.9 Å². The van der Waals surface area contributed by atoms with E-state index in [4.69, 9.17) is 14.3 Å². The first-order valence-electron chi connectivity index (χ1n) is 10.4. The summed E-state index contributed by atoms with van der Waals surface area (Å²) in [5.74, 6) is 2.70. The molecular formula is C20H37N5O2. The second-order valence-corrected chi connectivity index (χ2v) is 7.88. The molecule has 1 fully saturated rings. The fourth-order valence-electron chi connectivity index (χ4n) is 3.57. The lowest BCUT2D eigenvalue weighted by Crippen LogP contribution is -2.39. The van der Waals surface area contributed by atoms with Gasteiger partial charge in [-0.05, 0) is 38.0 Å². The van der Waals surface area contributed by atoms with E-state index in [9.17, 15) is 0 Å². The number of guanidine groups is 1. The molecule has 1 aromatic rings. The Hall–Kier alpha value is -1.63. The van der Waals surface area contributed by atoms with Gasteiger partial charge in [0.25, 0.3) is 0 Å². The summed E-state index contributed by atoms with van der Waals surface area (Å²) in [5.41, 5.74) is 0.315. The monoisotopic (exact) mass is 379 g/mol. The van der Waals surface area contributed by atoms with Crippen molar-refractivity contribution in [2.45, 2.75) is 71.6 Å². The number of methoxy groups -OCH3 is 1. The average Bonchev–Trinajstić information content (AvgIpc) is 3.31. The van der Waals surface area contributed by atoms with Crippen LogP contribution in [0.15, 0.2) is 9.52 Å². The average molecular weight is 380 g/mol. The van der Waals surface area contributed by atoms with E-state index < -0.39 is 0 Å². The summed E-state index contributed by atoms with van der Waals surface area (Å²) < 4.78 is 10.6. The summed E-state index contributed by atoms with van der Waals surface area (Å²) in [4.78, 5) is 9.31. The number of hydrogen-bond acceptors (Lipinski definition) is 5. The van der Waals surface area contributed by atoms with Gasteiger partial charge in [-0.15, -0.1) is 0 Å². The number of hydrogen-bond donors (Lipinski definition) is 2. The maximum Gasteiger partial charge on any atom is 0.226 e. The summed E-state index contributed by atoms with van der Waals surface area (Å²) in [6, 6.07) is 0. The van der Waals surface area contributed by atoms with Gasteiger partial charge in [0.1, 0.15) is 0 Å². The Morgan fingerprint density at radius 2 is 2.07 bits per heavy atom. The molecule has 2 N–H and O–H groups in total. The normalized spacial score (nSPS) is 16.9. The first kappa shape index (κ1) is 21.7. The Morgan fingerprint density at radius 3 is 2.70 bits per heavy atom. The van der Waals surface area contributed by atoms with Crippen LogP contribution in [0.4, 0.5) is 0 Å². The minimum absolute atomic E-state index is 0.300. The Kier molecular flexibility index (Phi) is 9.04. The highest BCUT2D eigenvalue weighted by Crippen LogP contribution is 2.41. The standard InChI is InChI=1S/C20H37N5O2/c1-5-21-19(23-15-20(12-14-26-4)10-6-7-11-20)22-13-8-9-17-24-18(16(2)3)25-27-17/h16H,5-15H2,1-4H3,(H2,21,22,23). The molecule has 1 aliphatic rings. The van der Waals surface area contributed by atoms with Crippen LogP contribution in [-0.2, 0) is 11.2 Å². The molecule has 0 radical (unpaired) electrons. The molecular weight excluding hydrogens is 342 g/mol. The Bertz CT molecular complexity index is 564. The van der Waals surface area contributed by atoms with Gasteiger partial charge in [-0.1, -0.05) is 31.8 Å². The Morgan fingerprint density at radius 1 is 1.30 bits per heavy atom. The van der Waals surface area contributed by atoms with Crippen LogP contribution in [0, 0.1) is 5.41 Å². The van der Waals surface area contributed by atoms with Gasteiger partial charge in [-0.3, -0.25) is 4.99 Å². The van der Waals surface area contributed by atoms with Crippen molar-refractivity contribution < 1.29 is 9.26 Å². The quantitative estimate of drug-likeness (QED) is 0.349. The summed E-state index contributed by atoms with van der Waals surface area (Å²) in [6.07, 6.45) is 7.95. The molecule has 0 unspecified atom stereocenters. The molecule has 154 valence electrons. The number of rotatable bonds is 11.